The molecule has 9 aromatic rings. The van der Waals surface area contributed by atoms with Crippen LogP contribution in [0.2, 0.25) is 0 Å². The predicted octanol–water partition coefficient (Wildman–Crippen LogP) is 13.9. The van der Waals surface area contributed by atoms with E-state index < -0.39 is 60.4 Å². The van der Waals surface area contributed by atoms with Gasteiger partial charge >= 0.3 is 0 Å². The van der Waals surface area contributed by atoms with Crippen molar-refractivity contribution < 1.29 is 18.4 Å². The molecular formula is C57H48N4O. The lowest BCUT2D eigenvalue weighted by Crippen LogP contribution is -2.41. The summed E-state index contributed by atoms with van der Waals surface area (Å²) in [4.78, 5) is 9.40. The Kier molecular flexibility index (Phi) is 6.36. The molecule has 0 spiro atoms. The van der Waals surface area contributed by atoms with Crippen LogP contribution in [0, 0.1) is 0 Å². The number of benzene rings is 7. The summed E-state index contributed by atoms with van der Waals surface area (Å²) < 4.78 is 97.5. The van der Waals surface area contributed by atoms with Crippen molar-refractivity contribution in [2.24, 2.45) is 0 Å². The first-order valence-corrected chi connectivity index (χ1v) is 21.2. The fraction of sp³-hybridized carbons (Fsp3) is 0.175. The maximum atomic E-state index is 9.19. The molecule has 2 aliphatic carbocycles. The Morgan fingerprint density at radius 1 is 0.597 bits per heavy atom. The van der Waals surface area contributed by atoms with Gasteiger partial charge in [0.15, 0.2) is 0 Å². The predicted molar refractivity (Wildman–Crippen MR) is 255 cm³/mol. The summed E-state index contributed by atoms with van der Waals surface area (Å²) in [6, 6.07) is 35.2. The summed E-state index contributed by atoms with van der Waals surface area (Å²) in [5, 5.41) is 2.17. The number of para-hydroxylation sites is 2. The normalized spacial score (nSPS) is 21.3. The second kappa shape index (κ2) is 14.2. The van der Waals surface area contributed by atoms with Gasteiger partial charge in [-0.2, -0.15) is 0 Å². The van der Waals surface area contributed by atoms with Crippen molar-refractivity contribution in [2.45, 2.75) is 56.5 Å². The Labute approximate surface area is 377 Å². The Bertz CT molecular complexity index is 3610. The lowest BCUT2D eigenvalue weighted by atomic mass is 9.83. The topological polar surface area (TPSA) is 33.5 Å². The van der Waals surface area contributed by atoms with Crippen LogP contribution in [0.15, 0.2) is 188 Å². The Morgan fingerprint density at radius 2 is 1.23 bits per heavy atom. The maximum absolute atomic E-state index is 9.19. The first-order chi connectivity index (χ1) is 34.5. The van der Waals surface area contributed by atoms with E-state index >= 15 is 0 Å². The zero-order valence-electron chi connectivity index (χ0n) is 44.5. The summed E-state index contributed by atoms with van der Waals surface area (Å²) in [5.41, 5.74) is 7.40. The van der Waals surface area contributed by atoms with Crippen LogP contribution in [0.3, 0.4) is 0 Å². The molecule has 5 nitrogen and oxygen atoms in total. The molecule has 5 heteroatoms. The summed E-state index contributed by atoms with van der Waals surface area (Å²) in [5.74, 6) is 2.18. The summed E-state index contributed by atoms with van der Waals surface area (Å²) >= 11 is 0. The smallest absolute Gasteiger partial charge is 0.137 e. The van der Waals surface area contributed by atoms with E-state index in [9.17, 15) is 5.48 Å². The highest BCUT2D eigenvalue weighted by Gasteiger charge is 2.59. The molecule has 0 N–H and O–H groups in total. The molecule has 1 saturated heterocycles. The van der Waals surface area contributed by atoms with E-state index in [2.05, 4.69) is 95.8 Å². The monoisotopic (exact) mass is 814 g/mol. The molecule has 2 aromatic heterocycles. The number of anilines is 2. The minimum absolute atomic E-state index is 0.0127. The number of hydrogen-bond acceptors (Lipinski definition) is 4. The maximum Gasteiger partial charge on any atom is 0.137 e. The zero-order chi connectivity index (χ0) is 50.2. The number of nitrogens with zero attached hydrogens (tertiary/aromatic N) is 4. The van der Waals surface area contributed by atoms with Crippen LogP contribution in [0.4, 0.5) is 11.4 Å². The van der Waals surface area contributed by atoms with Gasteiger partial charge in [-0.1, -0.05) is 148 Å². The van der Waals surface area contributed by atoms with Crippen molar-refractivity contribution in [2.75, 3.05) is 16.5 Å². The molecule has 0 radical (unpaired) electrons. The van der Waals surface area contributed by atoms with Gasteiger partial charge in [-0.15, -0.1) is 0 Å². The van der Waals surface area contributed by atoms with E-state index in [1.807, 2.05) is 48.7 Å². The third-order valence-electron chi connectivity index (χ3n) is 13.2. The minimum atomic E-state index is -0.526. The highest BCUT2D eigenvalue weighted by atomic mass is 16.5. The van der Waals surface area contributed by atoms with Crippen molar-refractivity contribution in [1.82, 2.24) is 9.55 Å². The number of pyridine rings is 1. The number of aromatic nitrogens is 2. The number of ether oxygens (including phenoxy) is 1. The fourth-order valence-corrected chi connectivity index (χ4v) is 10.6. The Hall–Kier alpha value is -7.11. The first kappa shape index (κ1) is 27.7. The molecule has 7 aromatic carbocycles. The van der Waals surface area contributed by atoms with Gasteiger partial charge in [0.25, 0.3) is 0 Å². The van der Waals surface area contributed by atoms with Gasteiger partial charge in [-0.05, 0) is 82.1 Å². The molecule has 1 saturated carbocycles. The number of rotatable bonds is 7. The summed E-state index contributed by atoms with van der Waals surface area (Å²) in [6.07, 6.45) is 2.70. The second-order valence-electron chi connectivity index (χ2n) is 17.6. The van der Waals surface area contributed by atoms with Gasteiger partial charge < -0.3 is 14.5 Å². The standard InChI is InChI=1S/C57H48N4O/c1-57(2,3)39-30-31-58-53(32-39)61-51-27-13-12-24-47(51)48-29-28-42(34-52(48)61)62-41-21-14-20-40(33-41)59-36-60(56-50-35-49(55(56)59)45-22-10-11-23-46(45)50)54-43(37-16-6-4-7-17-37)25-15-26-44(54)38-18-8-5-9-19-38/h4-34,49-50,55-56H,35-36H2,1-3H3/t49-,50+,55?,56?/m1/s1/i4D,5D,6D,7D,8D,9D,16D,17D,18D,19D. The van der Waals surface area contributed by atoms with Crippen LogP contribution in [0.25, 0.3) is 49.9 Å². The molecule has 2 bridgehead atoms. The average Bonchev–Trinajstić information content (AvgIpc) is 4.15. The van der Waals surface area contributed by atoms with Crippen molar-refractivity contribution in [3.8, 4) is 39.6 Å². The molecule has 1 aliphatic heterocycles. The van der Waals surface area contributed by atoms with Gasteiger partial charge in [0.2, 0.25) is 0 Å². The Morgan fingerprint density at radius 3 is 1.94 bits per heavy atom. The van der Waals surface area contributed by atoms with Crippen molar-refractivity contribution in [3.63, 3.8) is 0 Å². The third-order valence-corrected chi connectivity index (χ3v) is 13.2. The molecule has 2 fully saturated rings. The van der Waals surface area contributed by atoms with Crippen molar-refractivity contribution in [3.05, 3.63) is 205 Å². The summed E-state index contributed by atoms with van der Waals surface area (Å²) in [6.45, 7) is 6.84. The first-order valence-electron chi connectivity index (χ1n) is 26.2. The molecule has 4 atom stereocenters. The van der Waals surface area contributed by atoms with Crippen LogP contribution < -0.4 is 14.5 Å². The molecule has 3 heterocycles. The molecule has 62 heavy (non-hydrogen) atoms. The molecule has 12 rings (SSSR count). The van der Waals surface area contributed by atoms with Crippen LogP contribution in [-0.2, 0) is 5.41 Å². The van der Waals surface area contributed by atoms with Crippen LogP contribution in [-0.4, -0.2) is 28.3 Å². The molecule has 3 aliphatic rings. The van der Waals surface area contributed by atoms with E-state index in [1.165, 1.54) is 16.7 Å². The minimum Gasteiger partial charge on any atom is -0.457 e. The van der Waals surface area contributed by atoms with E-state index in [1.54, 1.807) is 18.2 Å². The average molecular weight is 815 g/mol. The van der Waals surface area contributed by atoms with Crippen molar-refractivity contribution >= 4 is 33.2 Å². The van der Waals surface area contributed by atoms with Gasteiger partial charge in [0.1, 0.15) is 17.3 Å². The second-order valence-corrected chi connectivity index (χ2v) is 17.6. The van der Waals surface area contributed by atoms with E-state index in [0.717, 1.165) is 39.7 Å². The lowest BCUT2D eigenvalue weighted by molar-refractivity contribution is 0.482. The van der Waals surface area contributed by atoms with Gasteiger partial charge in [-0.25, -0.2) is 4.98 Å². The lowest BCUT2D eigenvalue weighted by Gasteiger charge is -2.36. The summed E-state index contributed by atoms with van der Waals surface area (Å²) in [7, 11) is 0. The number of fused-ring (bicyclic) bond motifs is 11. The molecule has 2 unspecified atom stereocenters. The number of hydrogen-bond donors (Lipinski definition) is 0. The quantitative estimate of drug-likeness (QED) is 0.160. The largest absolute Gasteiger partial charge is 0.457 e. The van der Waals surface area contributed by atoms with Gasteiger partial charge in [-0.3, -0.25) is 4.57 Å². The van der Waals surface area contributed by atoms with Gasteiger partial charge in [0, 0.05) is 57.8 Å². The van der Waals surface area contributed by atoms with E-state index in [-0.39, 0.29) is 47.1 Å². The van der Waals surface area contributed by atoms with Crippen molar-refractivity contribution in [1.29, 1.82) is 0 Å². The third kappa shape index (κ3) is 5.86. The fourth-order valence-electron chi connectivity index (χ4n) is 10.6. The molecular weight excluding hydrogens is 757 g/mol. The van der Waals surface area contributed by atoms with Gasteiger partial charge in [0.05, 0.1) is 49.2 Å². The highest BCUT2D eigenvalue weighted by molar-refractivity contribution is 6.09. The van der Waals surface area contributed by atoms with Crippen LogP contribution in [0.5, 0.6) is 11.5 Å². The van der Waals surface area contributed by atoms with E-state index in [0.29, 0.717) is 28.3 Å². The SMILES string of the molecule is [2H]c1c([2H])c([2H])c(-c2cccc(-c3c([2H])c([2H])c([2H])c([2H])c3[2H])c2N2CN(c3cccc(Oc4ccc5c6ccccc6n(-c6cc(C(C)(C)C)ccn6)c5c4)c3)C3C2[C@H]2C[C@@H]3c3ccccc32)c([2H])c1[2H]. The zero-order valence-corrected chi connectivity index (χ0v) is 34.5. The van der Waals surface area contributed by atoms with Crippen LogP contribution >= 0.6 is 0 Å². The molecule has 302 valence electrons. The van der Waals surface area contributed by atoms with E-state index in [4.69, 9.17) is 17.9 Å². The molecule has 0 amide bonds. The highest BCUT2D eigenvalue weighted by Crippen LogP contribution is 2.61. The Balaban J connectivity index is 1.01. The van der Waals surface area contributed by atoms with Crippen LogP contribution in [0.1, 0.15) is 69.4 Å².